The van der Waals surface area contributed by atoms with Crippen LogP contribution in [0, 0.1) is 10.1 Å². The summed E-state index contributed by atoms with van der Waals surface area (Å²) in [5, 5.41) is 30.7. The Hall–Kier alpha value is -1.18. The van der Waals surface area contributed by atoms with Crippen LogP contribution in [0.4, 0.5) is 10.7 Å². The molecule has 6 nitrogen and oxygen atoms in total. The van der Waals surface area contributed by atoms with Crippen LogP contribution >= 0.6 is 11.3 Å². The molecule has 1 aliphatic rings. The fraction of sp³-hybridized carbons (Fsp3) is 0.667. The predicted octanol–water partition coefficient (Wildman–Crippen LogP) is 2.06. The summed E-state index contributed by atoms with van der Waals surface area (Å²) in [4.78, 5) is 13.2. The standard InChI is InChI=1S/C12H18N2O4S/c1-8(16)11-6-10(14(17)18)12(19-11)13-5-3-2-4-9(13)7-15/h6,8-9,15-16H,2-5,7H2,1H3/t8-,9?/m1/s1. The Bertz CT molecular complexity index is 461. The molecular formula is C12H18N2O4S. The van der Waals surface area contributed by atoms with Gasteiger partial charge in [-0.05, 0) is 26.2 Å². The first-order chi connectivity index (χ1) is 9.04. The number of hydrogen-bond acceptors (Lipinski definition) is 6. The summed E-state index contributed by atoms with van der Waals surface area (Å²) in [5.74, 6) is 0. The Labute approximate surface area is 115 Å². The normalized spacial score (nSPS) is 21.4. The first-order valence-corrected chi connectivity index (χ1v) is 7.20. The number of aliphatic hydroxyl groups excluding tert-OH is 2. The van der Waals surface area contributed by atoms with Crippen LogP contribution in [0.2, 0.25) is 0 Å². The van der Waals surface area contributed by atoms with Gasteiger partial charge in [-0.1, -0.05) is 0 Å². The number of nitro groups is 1. The van der Waals surface area contributed by atoms with Crippen molar-refractivity contribution in [1.29, 1.82) is 0 Å². The van der Waals surface area contributed by atoms with Gasteiger partial charge in [0.1, 0.15) is 0 Å². The van der Waals surface area contributed by atoms with Gasteiger partial charge in [-0.15, -0.1) is 11.3 Å². The van der Waals surface area contributed by atoms with Crippen LogP contribution in [0.3, 0.4) is 0 Å². The largest absolute Gasteiger partial charge is 0.394 e. The van der Waals surface area contributed by atoms with Crippen LogP contribution in [-0.4, -0.2) is 34.3 Å². The zero-order valence-corrected chi connectivity index (χ0v) is 11.6. The fourth-order valence-corrected chi connectivity index (χ4v) is 3.55. The van der Waals surface area contributed by atoms with Gasteiger partial charge in [0.2, 0.25) is 0 Å². The number of rotatable bonds is 4. The third-order valence-corrected chi connectivity index (χ3v) is 4.75. The highest BCUT2D eigenvalue weighted by atomic mass is 32.1. The summed E-state index contributed by atoms with van der Waals surface area (Å²) in [6.07, 6.45) is 2.13. The molecule has 0 amide bonds. The molecule has 0 bridgehead atoms. The van der Waals surface area contributed by atoms with E-state index >= 15 is 0 Å². The number of piperidine rings is 1. The molecule has 2 heterocycles. The lowest BCUT2D eigenvalue weighted by molar-refractivity contribution is -0.383. The van der Waals surface area contributed by atoms with E-state index in [1.165, 1.54) is 17.4 Å². The molecule has 1 aromatic rings. The van der Waals surface area contributed by atoms with Gasteiger partial charge in [0, 0.05) is 17.5 Å². The summed E-state index contributed by atoms with van der Waals surface area (Å²) in [7, 11) is 0. The quantitative estimate of drug-likeness (QED) is 0.653. The molecule has 0 aromatic carbocycles. The molecule has 19 heavy (non-hydrogen) atoms. The van der Waals surface area contributed by atoms with E-state index in [9.17, 15) is 20.3 Å². The molecule has 2 rings (SSSR count). The predicted molar refractivity (Wildman–Crippen MR) is 73.7 cm³/mol. The summed E-state index contributed by atoms with van der Waals surface area (Å²) in [5.41, 5.74) is 0.0289. The molecule has 1 aliphatic heterocycles. The van der Waals surface area contributed by atoms with Gasteiger partial charge >= 0.3 is 5.69 Å². The second-order valence-electron chi connectivity index (χ2n) is 4.80. The highest BCUT2D eigenvalue weighted by molar-refractivity contribution is 7.16. The molecule has 0 saturated carbocycles. The zero-order valence-electron chi connectivity index (χ0n) is 10.8. The number of nitrogens with zero attached hydrogens (tertiary/aromatic N) is 2. The molecule has 1 unspecified atom stereocenters. The molecule has 0 radical (unpaired) electrons. The summed E-state index contributed by atoms with van der Waals surface area (Å²) < 4.78 is 0. The Morgan fingerprint density at radius 1 is 1.63 bits per heavy atom. The van der Waals surface area contributed by atoms with Gasteiger partial charge in [-0.25, -0.2) is 0 Å². The highest BCUT2D eigenvalue weighted by Crippen LogP contribution is 2.42. The lowest BCUT2D eigenvalue weighted by atomic mass is 10.0. The van der Waals surface area contributed by atoms with Crippen LogP contribution in [0.5, 0.6) is 0 Å². The molecule has 2 N–H and O–H groups in total. The molecule has 0 aliphatic carbocycles. The topological polar surface area (TPSA) is 86.8 Å². The van der Waals surface area contributed by atoms with Crippen molar-refractivity contribution in [3.63, 3.8) is 0 Å². The number of hydrogen-bond donors (Lipinski definition) is 2. The van der Waals surface area contributed by atoms with Gasteiger partial charge in [0.25, 0.3) is 0 Å². The Morgan fingerprint density at radius 3 is 2.95 bits per heavy atom. The lowest BCUT2D eigenvalue weighted by Crippen LogP contribution is -2.41. The number of aliphatic hydroxyl groups is 2. The molecule has 106 valence electrons. The minimum Gasteiger partial charge on any atom is -0.394 e. The first kappa shape index (κ1) is 14.2. The second-order valence-corrected chi connectivity index (χ2v) is 5.86. The third kappa shape index (κ3) is 2.88. The van der Waals surface area contributed by atoms with Gasteiger partial charge in [0.15, 0.2) is 5.00 Å². The number of anilines is 1. The van der Waals surface area contributed by atoms with Crippen molar-refractivity contribution in [2.75, 3.05) is 18.1 Å². The van der Waals surface area contributed by atoms with Crippen LogP contribution in [-0.2, 0) is 0 Å². The molecule has 2 atom stereocenters. The van der Waals surface area contributed by atoms with Gasteiger partial charge < -0.3 is 15.1 Å². The molecule has 0 spiro atoms. The Balaban J connectivity index is 2.38. The average molecular weight is 286 g/mol. The van der Waals surface area contributed by atoms with Gasteiger partial charge in [-0.2, -0.15) is 0 Å². The van der Waals surface area contributed by atoms with Gasteiger partial charge in [0.05, 0.1) is 23.7 Å². The molecule has 1 fully saturated rings. The van der Waals surface area contributed by atoms with Crippen LogP contribution in [0.25, 0.3) is 0 Å². The van der Waals surface area contributed by atoms with E-state index in [2.05, 4.69) is 0 Å². The minimum atomic E-state index is -0.713. The SMILES string of the molecule is C[C@@H](O)c1cc([N+](=O)[O-])c(N2CCCCC2CO)s1. The smallest absolute Gasteiger partial charge is 0.304 e. The van der Waals surface area contributed by atoms with E-state index in [0.717, 1.165) is 19.3 Å². The fourth-order valence-electron chi connectivity index (χ4n) is 2.39. The van der Waals surface area contributed by atoms with Crippen molar-refractivity contribution in [2.45, 2.75) is 38.3 Å². The second kappa shape index (κ2) is 5.85. The van der Waals surface area contributed by atoms with Crippen molar-refractivity contribution in [3.8, 4) is 0 Å². The molecule has 1 saturated heterocycles. The third-order valence-electron chi connectivity index (χ3n) is 3.42. The lowest BCUT2D eigenvalue weighted by Gasteiger charge is -2.34. The average Bonchev–Trinajstić information content (AvgIpc) is 2.83. The molecule has 7 heteroatoms. The monoisotopic (exact) mass is 286 g/mol. The van der Waals surface area contributed by atoms with E-state index in [0.29, 0.717) is 16.4 Å². The maximum absolute atomic E-state index is 11.1. The van der Waals surface area contributed by atoms with Crippen molar-refractivity contribution < 1.29 is 15.1 Å². The first-order valence-electron chi connectivity index (χ1n) is 6.38. The van der Waals surface area contributed by atoms with E-state index in [4.69, 9.17) is 0 Å². The van der Waals surface area contributed by atoms with Crippen LogP contribution in [0.15, 0.2) is 6.07 Å². The minimum absolute atomic E-state index is 0.000926. The maximum Gasteiger partial charge on any atom is 0.304 e. The summed E-state index contributed by atoms with van der Waals surface area (Å²) >= 11 is 1.24. The van der Waals surface area contributed by atoms with Gasteiger partial charge in [-0.3, -0.25) is 10.1 Å². The van der Waals surface area contributed by atoms with Crippen molar-refractivity contribution >= 4 is 22.0 Å². The van der Waals surface area contributed by atoms with E-state index in [-0.39, 0.29) is 18.3 Å². The Morgan fingerprint density at radius 2 is 2.37 bits per heavy atom. The van der Waals surface area contributed by atoms with Crippen molar-refractivity contribution in [1.82, 2.24) is 0 Å². The van der Waals surface area contributed by atoms with E-state index in [1.54, 1.807) is 6.92 Å². The van der Waals surface area contributed by atoms with Crippen molar-refractivity contribution in [2.24, 2.45) is 0 Å². The van der Waals surface area contributed by atoms with Crippen LogP contribution in [0.1, 0.15) is 37.2 Å². The van der Waals surface area contributed by atoms with Crippen LogP contribution < -0.4 is 4.90 Å². The van der Waals surface area contributed by atoms with E-state index in [1.807, 2.05) is 4.90 Å². The summed E-state index contributed by atoms with van der Waals surface area (Å²) in [6.45, 7) is 2.31. The highest BCUT2D eigenvalue weighted by Gasteiger charge is 2.30. The van der Waals surface area contributed by atoms with Crippen molar-refractivity contribution in [3.05, 3.63) is 21.1 Å². The molecule has 1 aromatic heterocycles. The maximum atomic E-state index is 11.1. The summed E-state index contributed by atoms with van der Waals surface area (Å²) in [6, 6.07) is 1.38. The van der Waals surface area contributed by atoms with E-state index < -0.39 is 11.0 Å². The zero-order chi connectivity index (χ0) is 14.0. The molecular weight excluding hydrogens is 268 g/mol. The number of thiophene rings is 1. The Kier molecular flexibility index (Phi) is 4.38.